The van der Waals surface area contributed by atoms with E-state index in [2.05, 4.69) is 4.74 Å². The van der Waals surface area contributed by atoms with E-state index in [1.807, 2.05) is 0 Å². The van der Waals surface area contributed by atoms with Gasteiger partial charge in [0.05, 0.1) is 7.11 Å². The third kappa shape index (κ3) is 2.80. The molecule has 4 heteroatoms. The van der Waals surface area contributed by atoms with E-state index in [-0.39, 0.29) is 11.4 Å². The zero-order chi connectivity index (χ0) is 11.4. The fourth-order valence-corrected chi connectivity index (χ4v) is 1.09. The van der Waals surface area contributed by atoms with Crippen molar-refractivity contribution in [3.63, 3.8) is 0 Å². The molecule has 0 saturated heterocycles. The molecule has 0 saturated carbocycles. The summed E-state index contributed by atoms with van der Waals surface area (Å²) in [6.07, 6.45) is 1.38. The smallest absolute Gasteiger partial charge is 0.341 e. The highest BCUT2D eigenvalue weighted by Crippen LogP contribution is 2.12. The zero-order valence-corrected chi connectivity index (χ0v) is 8.87. The molecule has 0 aliphatic heterocycles. The van der Waals surface area contributed by atoms with E-state index in [0.29, 0.717) is 11.5 Å². The van der Waals surface area contributed by atoms with Gasteiger partial charge in [0.25, 0.3) is 0 Å². The maximum atomic E-state index is 11.2. The fourth-order valence-electron chi connectivity index (χ4n) is 1.09. The van der Waals surface area contributed by atoms with E-state index < -0.39 is 5.97 Å². The van der Waals surface area contributed by atoms with Crippen molar-refractivity contribution in [2.75, 3.05) is 7.11 Å². The molecule has 0 fully saturated rings. The highest BCUT2D eigenvalue weighted by molar-refractivity contribution is 6.19. The van der Waals surface area contributed by atoms with Gasteiger partial charge < -0.3 is 9.15 Å². The van der Waals surface area contributed by atoms with Gasteiger partial charge >= 0.3 is 5.97 Å². The number of hydrogen-bond donors (Lipinski definition) is 0. The molecular weight excluding hydrogens is 196 g/mol. The molecule has 1 heterocycles. The molecule has 0 amide bonds. The number of carbonyl (C=O) groups excluding carboxylic acids is 2. The van der Waals surface area contributed by atoms with Gasteiger partial charge in [-0.2, -0.15) is 0 Å². The number of carbonyl (C=O) groups is 2. The number of hydrogen-bond acceptors (Lipinski definition) is 4. The molecule has 1 aromatic rings. The molecule has 0 atom stereocenters. The van der Waals surface area contributed by atoms with Crippen molar-refractivity contribution in [1.29, 1.82) is 0 Å². The molecule has 0 spiro atoms. The standard InChI is InChI=1S/C11H12O4/c1-7-4-5-9(15-7)6-10(8(2)12)11(13)14-3/h4-6H,1-3H3/b10-6+. The van der Waals surface area contributed by atoms with E-state index in [1.54, 1.807) is 19.1 Å². The molecule has 0 aliphatic rings. The van der Waals surface area contributed by atoms with Gasteiger partial charge in [0.2, 0.25) is 0 Å². The number of aryl methyl sites for hydroxylation is 1. The monoisotopic (exact) mass is 208 g/mol. The molecule has 1 rings (SSSR count). The van der Waals surface area contributed by atoms with Crippen LogP contribution in [0.4, 0.5) is 0 Å². The Kier molecular flexibility index (Phi) is 3.44. The second-order valence-electron chi connectivity index (χ2n) is 3.05. The minimum Gasteiger partial charge on any atom is -0.465 e. The van der Waals surface area contributed by atoms with Crippen molar-refractivity contribution in [1.82, 2.24) is 0 Å². The van der Waals surface area contributed by atoms with E-state index in [4.69, 9.17) is 4.42 Å². The van der Waals surface area contributed by atoms with Crippen LogP contribution in [0.15, 0.2) is 22.1 Å². The number of Topliss-reactive ketones (excluding diaryl/α,β-unsaturated/α-hetero) is 1. The summed E-state index contributed by atoms with van der Waals surface area (Å²) in [7, 11) is 1.23. The van der Waals surface area contributed by atoms with Crippen LogP contribution in [0.5, 0.6) is 0 Å². The van der Waals surface area contributed by atoms with Crippen LogP contribution in [-0.2, 0) is 14.3 Å². The Morgan fingerprint density at radius 2 is 2.07 bits per heavy atom. The average molecular weight is 208 g/mol. The summed E-state index contributed by atoms with van der Waals surface area (Å²) in [5.74, 6) is 0.171. The lowest BCUT2D eigenvalue weighted by Crippen LogP contribution is -2.11. The van der Waals surface area contributed by atoms with Gasteiger partial charge in [0.15, 0.2) is 5.78 Å². The fraction of sp³-hybridized carbons (Fsp3) is 0.273. The van der Waals surface area contributed by atoms with Crippen LogP contribution in [0.25, 0.3) is 6.08 Å². The van der Waals surface area contributed by atoms with Crippen molar-refractivity contribution in [3.05, 3.63) is 29.2 Å². The Labute approximate surface area is 87.5 Å². The van der Waals surface area contributed by atoms with Crippen molar-refractivity contribution in [2.45, 2.75) is 13.8 Å². The molecule has 1 aromatic heterocycles. The Balaban J connectivity index is 3.04. The molecule has 0 radical (unpaired) electrons. The summed E-state index contributed by atoms with van der Waals surface area (Å²) in [6.45, 7) is 3.08. The second kappa shape index (κ2) is 4.59. The number of ether oxygens (including phenoxy) is 1. The Hall–Kier alpha value is -1.84. The van der Waals surface area contributed by atoms with Crippen LogP contribution in [0.3, 0.4) is 0 Å². The van der Waals surface area contributed by atoms with E-state index in [9.17, 15) is 9.59 Å². The first kappa shape index (κ1) is 11.2. The predicted octanol–water partition coefficient (Wildman–Crippen LogP) is 1.73. The van der Waals surface area contributed by atoms with Crippen molar-refractivity contribution in [2.24, 2.45) is 0 Å². The van der Waals surface area contributed by atoms with Crippen LogP contribution in [-0.4, -0.2) is 18.9 Å². The highest BCUT2D eigenvalue weighted by atomic mass is 16.5. The van der Waals surface area contributed by atoms with Crippen molar-refractivity contribution >= 4 is 17.8 Å². The SMILES string of the molecule is COC(=O)/C(=C/c1ccc(C)o1)C(C)=O. The second-order valence-corrected chi connectivity index (χ2v) is 3.05. The topological polar surface area (TPSA) is 56.5 Å². The summed E-state index contributed by atoms with van der Waals surface area (Å²) < 4.78 is 9.71. The molecule has 0 aromatic carbocycles. The van der Waals surface area contributed by atoms with Crippen LogP contribution >= 0.6 is 0 Å². The number of methoxy groups -OCH3 is 1. The maximum absolute atomic E-state index is 11.2. The molecule has 80 valence electrons. The third-order valence-corrected chi connectivity index (χ3v) is 1.83. The van der Waals surface area contributed by atoms with Gasteiger partial charge in [0.1, 0.15) is 17.1 Å². The lowest BCUT2D eigenvalue weighted by Gasteiger charge is -1.99. The minimum absolute atomic E-state index is 0.0214. The number of ketones is 1. The van der Waals surface area contributed by atoms with Gasteiger partial charge in [-0.15, -0.1) is 0 Å². The van der Waals surface area contributed by atoms with Crippen LogP contribution in [0.1, 0.15) is 18.4 Å². The molecular formula is C11H12O4. The zero-order valence-electron chi connectivity index (χ0n) is 8.87. The van der Waals surface area contributed by atoms with E-state index in [1.165, 1.54) is 20.1 Å². The van der Waals surface area contributed by atoms with Gasteiger partial charge in [0, 0.05) is 0 Å². The summed E-state index contributed by atoms with van der Waals surface area (Å²) >= 11 is 0. The molecule has 0 aliphatic carbocycles. The molecule has 0 bridgehead atoms. The number of furan rings is 1. The summed E-state index contributed by atoms with van der Waals surface area (Å²) in [5, 5.41) is 0. The van der Waals surface area contributed by atoms with Gasteiger partial charge in [-0.05, 0) is 32.1 Å². The van der Waals surface area contributed by atoms with E-state index in [0.717, 1.165) is 0 Å². The predicted molar refractivity (Wildman–Crippen MR) is 54.1 cm³/mol. The number of rotatable bonds is 3. The average Bonchev–Trinajstić information content (AvgIpc) is 2.59. The lowest BCUT2D eigenvalue weighted by atomic mass is 10.1. The highest BCUT2D eigenvalue weighted by Gasteiger charge is 2.15. The van der Waals surface area contributed by atoms with Crippen LogP contribution in [0.2, 0.25) is 0 Å². The maximum Gasteiger partial charge on any atom is 0.341 e. The molecule has 15 heavy (non-hydrogen) atoms. The van der Waals surface area contributed by atoms with Crippen molar-refractivity contribution < 1.29 is 18.7 Å². The first-order valence-electron chi connectivity index (χ1n) is 4.42. The summed E-state index contributed by atoms with van der Waals surface area (Å²) in [6, 6.07) is 3.43. The molecule has 0 N–H and O–H groups in total. The molecule has 0 unspecified atom stereocenters. The summed E-state index contributed by atoms with van der Waals surface area (Å²) in [4.78, 5) is 22.4. The van der Waals surface area contributed by atoms with Gasteiger partial charge in [-0.1, -0.05) is 0 Å². The minimum atomic E-state index is -0.656. The quantitative estimate of drug-likeness (QED) is 0.328. The van der Waals surface area contributed by atoms with Gasteiger partial charge in [-0.3, -0.25) is 4.79 Å². The number of esters is 1. The molecule has 4 nitrogen and oxygen atoms in total. The first-order chi connectivity index (χ1) is 7.04. The summed E-state index contributed by atoms with van der Waals surface area (Å²) in [5.41, 5.74) is -0.0214. The largest absolute Gasteiger partial charge is 0.465 e. The Morgan fingerprint density at radius 3 is 2.47 bits per heavy atom. The third-order valence-electron chi connectivity index (χ3n) is 1.83. The van der Waals surface area contributed by atoms with Crippen molar-refractivity contribution in [3.8, 4) is 0 Å². The normalized spacial score (nSPS) is 11.3. The van der Waals surface area contributed by atoms with Crippen LogP contribution in [0, 0.1) is 6.92 Å². The lowest BCUT2D eigenvalue weighted by molar-refractivity contribution is -0.137. The Bertz CT molecular complexity index is 412. The van der Waals surface area contributed by atoms with Crippen LogP contribution < -0.4 is 0 Å². The first-order valence-corrected chi connectivity index (χ1v) is 4.42. The van der Waals surface area contributed by atoms with Gasteiger partial charge in [-0.25, -0.2) is 4.79 Å². The van der Waals surface area contributed by atoms with E-state index >= 15 is 0 Å². The Morgan fingerprint density at radius 1 is 1.40 bits per heavy atom.